The summed E-state index contributed by atoms with van der Waals surface area (Å²) in [6.45, 7) is 5.06. The summed E-state index contributed by atoms with van der Waals surface area (Å²) < 4.78 is 4.73. The molecule has 0 atom stereocenters. The van der Waals surface area contributed by atoms with E-state index in [-0.39, 0.29) is 6.15 Å². The maximum atomic E-state index is 10.7. The maximum absolute atomic E-state index is 10.7. The van der Waals surface area contributed by atoms with Crippen molar-refractivity contribution in [2.45, 2.75) is 32.8 Å². The number of ether oxygens (including phenoxy) is 1. The minimum absolute atomic E-state index is 0. The van der Waals surface area contributed by atoms with Crippen LogP contribution in [0.5, 0.6) is 0 Å². The van der Waals surface area contributed by atoms with Crippen LogP contribution in [0.4, 0.5) is 0 Å². The Hall–Kier alpha value is -1.10. The number of carboxylic acid groups (broad SMARTS) is 1. The molecule has 0 radical (unpaired) electrons. The van der Waals surface area contributed by atoms with Crippen LogP contribution in [0, 0.1) is 0 Å². The van der Waals surface area contributed by atoms with Gasteiger partial charge < -0.3 is 16.0 Å². The third-order valence-corrected chi connectivity index (χ3v) is 0.716. The van der Waals surface area contributed by atoms with Gasteiger partial charge in [-0.05, 0) is 20.8 Å². The van der Waals surface area contributed by atoms with Crippen LogP contribution in [0.2, 0.25) is 0 Å². The van der Waals surface area contributed by atoms with Crippen molar-refractivity contribution in [3.05, 3.63) is 0 Å². The molecule has 0 aliphatic heterocycles. The Morgan fingerprint density at radius 1 is 1.33 bits per heavy atom. The lowest BCUT2D eigenvalue weighted by molar-refractivity contribution is -0.159. The van der Waals surface area contributed by atoms with Crippen LogP contribution in [0.1, 0.15) is 27.2 Å². The molecular formula is C7H15NO4. The van der Waals surface area contributed by atoms with Crippen molar-refractivity contribution in [3.8, 4) is 0 Å². The lowest BCUT2D eigenvalue weighted by atomic mass is 10.2. The minimum atomic E-state index is -1.17. The molecule has 0 aromatic carbocycles. The second kappa shape index (κ2) is 4.71. The summed E-state index contributed by atoms with van der Waals surface area (Å²) in [5, 5.41) is 8.18. The fraction of sp³-hybridized carbons (Fsp3) is 0.714. The molecule has 0 spiro atoms. The number of esters is 1. The highest BCUT2D eigenvalue weighted by atomic mass is 16.6. The minimum Gasteiger partial charge on any atom is -0.481 e. The lowest BCUT2D eigenvalue weighted by Gasteiger charge is -2.18. The third-order valence-electron chi connectivity index (χ3n) is 0.716. The number of hydrogen-bond donors (Lipinski definition) is 2. The van der Waals surface area contributed by atoms with Gasteiger partial charge in [0.2, 0.25) is 0 Å². The van der Waals surface area contributed by atoms with Crippen molar-refractivity contribution in [2.24, 2.45) is 0 Å². The average Bonchev–Trinajstić information content (AvgIpc) is 1.53. The number of aliphatic carboxylic acids is 1. The summed E-state index contributed by atoms with van der Waals surface area (Å²) in [6, 6.07) is 0. The molecule has 12 heavy (non-hydrogen) atoms. The zero-order valence-corrected chi connectivity index (χ0v) is 7.59. The molecule has 72 valence electrons. The Morgan fingerprint density at radius 3 is 2.00 bits per heavy atom. The van der Waals surface area contributed by atoms with E-state index in [9.17, 15) is 9.59 Å². The predicted octanol–water partition coefficient (Wildman–Crippen LogP) is 0.965. The molecule has 5 heteroatoms. The quantitative estimate of drug-likeness (QED) is 0.483. The highest BCUT2D eigenvalue weighted by Crippen LogP contribution is 2.07. The van der Waals surface area contributed by atoms with Crippen molar-refractivity contribution in [2.75, 3.05) is 0 Å². The van der Waals surface area contributed by atoms with Crippen molar-refractivity contribution in [1.29, 1.82) is 0 Å². The smallest absolute Gasteiger partial charge is 0.317 e. The van der Waals surface area contributed by atoms with Gasteiger partial charge >= 0.3 is 11.9 Å². The number of hydrogen-bond acceptors (Lipinski definition) is 4. The van der Waals surface area contributed by atoms with E-state index in [4.69, 9.17) is 9.84 Å². The monoisotopic (exact) mass is 177 g/mol. The molecule has 0 unspecified atom stereocenters. The first-order valence-electron chi connectivity index (χ1n) is 3.25. The van der Waals surface area contributed by atoms with Gasteiger partial charge in [-0.2, -0.15) is 0 Å². The van der Waals surface area contributed by atoms with E-state index in [1.54, 1.807) is 20.8 Å². The first-order valence-corrected chi connectivity index (χ1v) is 3.25. The predicted molar refractivity (Wildman–Crippen MR) is 43.1 cm³/mol. The van der Waals surface area contributed by atoms with E-state index in [0.29, 0.717) is 0 Å². The Balaban J connectivity index is 0. The maximum Gasteiger partial charge on any atom is 0.317 e. The van der Waals surface area contributed by atoms with E-state index in [0.717, 1.165) is 0 Å². The van der Waals surface area contributed by atoms with E-state index in [1.165, 1.54) is 0 Å². The summed E-state index contributed by atoms with van der Waals surface area (Å²) in [7, 11) is 0. The summed E-state index contributed by atoms with van der Waals surface area (Å²) in [6.07, 6.45) is -0.572. The summed E-state index contributed by atoms with van der Waals surface area (Å²) in [5.41, 5.74) is -0.605. The van der Waals surface area contributed by atoms with Crippen molar-refractivity contribution in [3.63, 3.8) is 0 Å². The number of carboxylic acids is 1. The number of rotatable bonds is 2. The molecule has 5 nitrogen and oxygen atoms in total. The molecule has 0 bridgehead atoms. The molecule has 0 heterocycles. The highest BCUT2D eigenvalue weighted by molar-refractivity contribution is 5.90. The molecule has 0 aromatic heterocycles. The zero-order valence-electron chi connectivity index (χ0n) is 7.59. The van der Waals surface area contributed by atoms with E-state index in [2.05, 4.69) is 0 Å². The fourth-order valence-electron chi connectivity index (χ4n) is 0.501. The van der Waals surface area contributed by atoms with Crippen molar-refractivity contribution in [1.82, 2.24) is 6.15 Å². The second-order valence-corrected chi connectivity index (χ2v) is 3.16. The molecule has 4 N–H and O–H groups in total. The van der Waals surface area contributed by atoms with Gasteiger partial charge in [-0.3, -0.25) is 9.59 Å². The largest absolute Gasteiger partial charge is 0.481 e. The van der Waals surface area contributed by atoms with Gasteiger partial charge in [0, 0.05) is 0 Å². The number of carbonyl (C=O) groups is 2. The normalized spacial score (nSPS) is 9.92. The van der Waals surface area contributed by atoms with E-state index < -0.39 is 24.0 Å². The van der Waals surface area contributed by atoms with Crippen LogP contribution in [0.25, 0.3) is 0 Å². The molecule has 0 amide bonds. The van der Waals surface area contributed by atoms with Gasteiger partial charge in [0.15, 0.2) is 0 Å². The molecule has 0 aliphatic carbocycles. The molecule has 0 saturated carbocycles. The number of carbonyl (C=O) groups excluding carboxylic acids is 1. The topological polar surface area (TPSA) is 98.6 Å². The van der Waals surface area contributed by atoms with Gasteiger partial charge in [0.1, 0.15) is 12.0 Å². The molecule has 0 fully saturated rings. The van der Waals surface area contributed by atoms with E-state index in [1.807, 2.05) is 0 Å². The second-order valence-electron chi connectivity index (χ2n) is 3.16. The first kappa shape index (κ1) is 13.5. The van der Waals surface area contributed by atoms with Gasteiger partial charge in [0.25, 0.3) is 0 Å². The van der Waals surface area contributed by atoms with Gasteiger partial charge in [-0.25, -0.2) is 0 Å². The van der Waals surface area contributed by atoms with Crippen molar-refractivity contribution < 1.29 is 19.4 Å². The molecule has 0 saturated heterocycles. The fourth-order valence-corrected chi connectivity index (χ4v) is 0.501. The Kier molecular flexibility index (Phi) is 5.30. The van der Waals surface area contributed by atoms with Crippen LogP contribution in [-0.2, 0) is 14.3 Å². The molecule has 0 aliphatic rings. The zero-order chi connectivity index (χ0) is 9.07. The van der Waals surface area contributed by atoms with Gasteiger partial charge in [-0.15, -0.1) is 0 Å². The third kappa shape index (κ3) is 8.90. The molecule has 0 aromatic rings. The van der Waals surface area contributed by atoms with Crippen LogP contribution < -0.4 is 6.15 Å². The van der Waals surface area contributed by atoms with Crippen LogP contribution in [0.3, 0.4) is 0 Å². The Labute approximate surface area is 71.3 Å². The molecular weight excluding hydrogens is 162 g/mol. The van der Waals surface area contributed by atoms with Crippen LogP contribution >= 0.6 is 0 Å². The van der Waals surface area contributed by atoms with Crippen molar-refractivity contribution >= 4 is 11.9 Å². The van der Waals surface area contributed by atoms with E-state index >= 15 is 0 Å². The lowest BCUT2D eigenvalue weighted by Crippen LogP contribution is -2.25. The van der Waals surface area contributed by atoms with Gasteiger partial charge in [-0.1, -0.05) is 0 Å². The van der Waals surface area contributed by atoms with Crippen LogP contribution in [-0.4, -0.2) is 22.6 Å². The Morgan fingerprint density at radius 2 is 1.75 bits per heavy atom. The summed E-state index contributed by atoms with van der Waals surface area (Å²) >= 11 is 0. The molecule has 0 rings (SSSR count). The Bertz CT molecular complexity index is 171. The summed E-state index contributed by atoms with van der Waals surface area (Å²) in [4.78, 5) is 20.7. The van der Waals surface area contributed by atoms with Crippen LogP contribution in [0.15, 0.2) is 0 Å². The first-order chi connectivity index (χ1) is 4.81. The highest BCUT2D eigenvalue weighted by Gasteiger charge is 2.17. The standard InChI is InChI=1S/C7H12O4.H3N/c1-7(2,3)11-6(10)4-5(8)9;/h4H2,1-3H3,(H,8,9);1H3. The summed E-state index contributed by atoms with van der Waals surface area (Å²) in [5.74, 6) is -1.87. The SMILES string of the molecule is CC(C)(C)OC(=O)CC(=O)O.N. The van der Waals surface area contributed by atoms with Gasteiger partial charge in [0.05, 0.1) is 0 Å². The average molecular weight is 177 g/mol.